The summed E-state index contributed by atoms with van der Waals surface area (Å²) in [5.74, 6) is -1.15. The highest BCUT2D eigenvalue weighted by Gasteiger charge is 2.44. The Morgan fingerprint density at radius 2 is 1.78 bits per heavy atom. The lowest BCUT2D eigenvalue weighted by molar-refractivity contribution is -0.155. The molecule has 0 unspecified atom stereocenters. The molecular formula is C23H32N2O6S. The van der Waals surface area contributed by atoms with E-state index in [-0.39, 0.29) is 48.2 Å². The molecule has 0 atom stereocenters. The third-order valence-electron chi connectivity index (χ3n) is 6.44. The van der Waals surface area contributed by atoms with Crippen molar-refractivity contribution in [1.29, 1.82) is 0 Å². The van der Waals surface area contributed by atoms with Gasteiger partial charge in [-0.15, -0.1) is 0 Å². The van der Waals surface area contributed by atoms with E-state index in [0.29, 0.717) is 31.2 Å². The number of hydrogen-bond acceptors (Lipinski definition) is 6. The van der Waals surface area contributed by atoms with Crippen LogP contribution in [0.2, 0.25) is 0 Å². The number of sulfonamides is 1. The minimum absolute atomic E-state index is 0.0802. The maximum atomic E-state index is 13.0. The van der Waals surface area contributed by atoms with Crippen molar-refractivity contribution in [3.63, 3.8) is 0 Å². The SMILES string of the molecule is CCOC(=O)C1(NC(=O)C2CCN(S(=O)(=O)c3cccc(C(C)=O)c3)CC2)CCCCC1. The lowest BCUT2D eigenvalue weighted by Gasteiger charge is -2.38. The minimum Gasteiger partial charge on any atom is -0.464 e. The van der Waals surface area contributed by atoms with E-state index >= 15 is 0 Å². The van der Waals surface area contributed by atoms with E-state index in [1.54, 1.807) is 19.1 Å². The van der Waals surface area contributed by atoms with Crippen LogP contribution in [0, 0.1) is 5.92 Å². The molecule has 1 N–H and O–H groups in total. The fourth-order valence-electron chi connectivity index (χ4n) is 4.53. The second-order valence-corrected chi connectivity index (χ2v) is 10.6. The van der Waals surface area contributed by atoms with Crippen LogP contribution in [0.5, 0.6) is 0 Å². The van der Waals surface area contributed by atoms with Crippen molar-refractivity contribution in [3.05, 3.63) is 29.8 Å². The highest BCUT2D eigenvalue weighted by molar-refractivity contribution is 7.89. The van der Waals surface area contributed by atoms with Gasteiger partial charge in [0.2, 0.25) is 15.9 Å². The van der Waals surface area contributed by atoms with Gasteiger partial charge in [-0.05, 0) is 51.7 Å². The predicted molar refractivity (Wildman–Crippen MR) is 119 cm³/mol. The summed E-state index contributed by atoms with van der Waals surface area (Å²) >= 11 is 0. The van der Waals surface area contributed by atoms with E-state index in [1.165, 1.54) is 23.4 Å². The van der Waals surface area contributed by atoms with E-state index in [9.17, 15) is 22.8 Å². The quantitative estimate of drug-likeness (QED) is 0.491. The predicted octanol–water partition coefficient (Wildman–Crippen LogP) is 2.67. The van der Waals surface area contributed by atoms with Gasteiger partial charge in [0, 0.05) is 24.6 Å². The molecule has 9 heteroatoms. The van der Waals surface area contributed by atoms with Gasteiger partial charge in [-0.2, -0.15) is 4.31 Å². The molecule has 176 valence electrons. The number of ether oxygens (including phenoxy) is 1. The third-order valence-corrected chi connectivity index (χ3v) is 8.33. The van der Waals surface area contributed by atoms with Crippen molar-refractivity contribution >= 4 is 27.7 Å². The number of piperidine rings is 1. The molecule has 8 nitrogen and oxygen atoms in total. The number of nitrogens with zero attached hydrogens (tertiary/aromatic N) is 1. The van der Waals surface area contributed by atoms with Crippen molar-refractivity contribution in [2.75, 3.05) is 19.7 Å². The number of benzene rings is 1. The largest absolute Gasteiger partial charge is 0.464 e. The average molecular weight is 465 g/mol. The van der Waals surface area contributed by atoms with Crippen LogP contribution in [0.25, 0.3) is 0 Å². The summed E-state index contributed by atoms with van der Waals surface area (Å²) in [6.07, 6.45) is 4.61. The molecular weight excluding hydrogens is 432 g/mol. The molecule has 1 saturated carbocycles. The number of carbonyl (C=O) groups is 3. The molecule has 32 heavy (non-hydrogen) atoms. The highest BCUT2D eigenvalue weighted by Crippen LogP contribution is 2.31. The van der Waals surface area contributed by atoms with Crippen LogP contribution < -0.4 is 5.32 Å². The maximum absolute atomic E-state index is 13.0. The van der Waals surface area contributed by atoms with Crippen LogP contribution >= 0.6 is 0 Å². The molecule has 0 spiro atoms. The van der Waals surface area contributed by atoms with E-state index in [4.69, 9.17) is 4.74 Å². The molecule has 0 aromatic heterocycles. The number of carbonyl (C=O) groups excluding carboxylic acids is 3. The van der Waals surface area contributed by atoms with Crippen molar-refractivity contribution in [3.8, 4) is 0 Å². The van der Waals surface area contributed by atoms with Gasteiger partial charge in [0.15, 0.2) is 5.78 Å². The second-order valence-electron chi connectivity index (χ2n) is 8.61. The zero-order valence-electron chi connectivity index (χ0n) is 18.8. The van der Waals surface area contributed by atoms with E-state index in [1.807, 2.05) is 0 Å². The number of nitrogens with one attached hydrogen (secondary N) is 1. The van der Waals surface area contributed by atoms with E-state index in [0.717, 1.165) is 19.3 Å². The summed E-state index contributed by atoms with van der Waals surface area (Å²) < 4.78 is 32.6. The first kappa shape index (κ1) is 24.4. The molecule has 1 aromatic rings. The number of hydrogen-bond donors (Lipinski definition) is 1. The van der Waals surface area contributed by atoms with E-state index < -0.39 is 15.6 Å². The Morgan fingerprint density at radius 3 is 2.38 bits per heavy atom. The highest BCUT2D eigenvalue weighted by atomic mass is 32.2. The number of esters is 1. The lowest BCUT2D eigenvalue weighted by Crippen LogP contribution is -2.58. The monoisotopic (exact) mass is 464 g/mol. The summed E-state index contributed by atoms with van der Waals surface area (Å²) in [7, 11) is -3.75. The van der Waals surface area contributed by atoms with Crippen LogP contribution in [-0.4, -0.2) is 55.6 Å². The summed E-state index contributed by atoms with van der Waals surface area (Å²) in [6, 6.07) is 6.01. The Labute approximate surface area is 189 Å². The van der Waals surface area contributed by atoms with Gasteiger partial charge < -0.3 is 10.1 Å². The van der Waals surface area contributed by atoms with Gasteiger partial charge >= 0.3 is 5.97 Å². The van der Waals surface area contributed by atoms with Crippen LogP contribution in [0.3, 0.4) is 0 Å². The van der Waals surface area contributed by atoms with Crippen molar-refractivity contribution in [2.24, 2.45) is 5.92 Å². The third kappa shape index (κ3) is 5.20. The average Bonchev–Trinajstić information content (AvgIpc) is 2.80. The van der Waals surface area contributed by atoms with Crippen LogP contribution in [0.15, 0.2) is 29.2 Å². The van der Waals surface area contributed by atoms with Gasteiger partial charge in [0.1, 0.15) is 5.54 Å². The summed E-state index contributed by atoms with van der Waals surface area (Å²) in [5.41, 5.74) is -0.626. The molecule has 1 saturated heterocycles. The first-order valence-corrected chi connectivity index (χ1v) is 12.7. The Bertz CT molecular complexity index is 960. The fourth-order valence-corrected chi connectivity index (χ4v) is 6.04. The standard InChI is InChI=1S/C23H32N2O6S/c1-3-31-22(28)23(12-5-4-6-13-23)24-21(27)18-10-14-25(15-11-18)32(29,30)20-9-7-8-19(16-20)17(2)26/h7-9,16,18H,3-6,10-15H2,1-2H3,(H,24,27). The Morgan fingerprint density at radius 1 is 1.12 bits per heavy atom. The first-order valence-electron chi connectivity index (χ1n) is 11.3. The lowest BCUT2D eigenvalue weighted by atomic mass is 9.81. The zero-order valence-corrected chi connectivity index (χ0v) is 19.6. The molecule has 2 fully saturated rings. The van der Waals surface area contributed by atoms with Crippen molar-refractivity contribution < 1.29 is 27.5 Å². The van der Waals surface area contributed by atoms with Crippen LogP contribution in [-0.2, 0) is 24.3 Å². The topological polar surface area (TPSA) is 110 Å². The van der Waals surface area contributed by atoms with Gasteiger partial charge in [-0.3, -0.25) is 9.59 Å². The van der Waals surface area contributed by atoms with Gasteiger partial charge in [0.25, 0.3) is 0 Å². The number of ketones is 1. The Balaban J connectivity index is 1.65. The van der Waals surface area contributed by atoms with Crippen LogP contribution in [0.1, 0.15) is 69.2 Å². The molecule has 2 aliphatic rings. The zero-order chi connectivity index (χ0) is 23.4. The van der Waals surface area contributed by atoms with Crippen molar-refractivity contribution in [2.45, 2.75) is 69.2 Å². The van der Waals surface area contributed by atoms with Gasteiger partial charge in [-0.25, -0.2) is 13.2 Å². The number of Topliss-reactive ketones (excluding diaryl/α,β-unsaturated/α-hetero) is 1. The molecule has 1 amide bonds. The molecule has 1 aliphatic carbocycles. The molecule has 0 bridgehead atoms. The minimum atomic E-state index is -3.75. The number of rotatable bonds is 7. The van der Waals surface area contributed by atoms with Gasteiger partial charge in [-0.1, -0.05) is 31.4 Å². The Hall–Kier alpha value is -2.26. The summed E-state index contributed by atoms with van der Waals surface area (Å²) in [4.78, 5) is 37.3. The van der Waals surface area contributed by atoms with Crippen molar-refractivity contribution in [1.82, 2.24) is 9.62 Å². The fraction of sp³-hybridized carbons (Fsp3) is 0.609. The normalized spacial score (nSPS) is 19.8. The summed E-state index contributed by atoms with van der Waals surface area (Å²) in [6.45, 7) is 3.81. The first-order chi connectivity index (χ1) is 15.2. The molecule has 1 aliphatic heterocycles. The van der Waals surface area contributed by atoms with Gasteiger partial charge in [0.05, 0.1) is 11.5 Å². The Kier molecular flexibility index (Phi) is 7.71. The summed E-state index contributed by atoms with van der Waals surface area (Å²) in [5, 5.41) is 2.97. The van der Waals surface area contributed by atoms with E-state index in [2.05, 4.69) is 5.32 Å². The van der Waals surface area contributed by atoms with Crippen LogP contribution in [0.4, 0.5) is 0 Å². The number of amides is 1. The second kappa shape index (κ2) is 10.1. The molecule has 1 heterocycles. The molecule has 1 aromatic carbocycles. The molecule has 3 rings (SSSR count). The maximum Gasteiger partial charge on any atom is 0.331 e. The molecule has 0 radical (unpaired) electrons. The smallest absolute Gasteiger partial charge is 0.331 e.